The lowest BCUT2D eigenvalue weighted by atomic mass is 9.61. The maximum atomic E-state index is 11.9. The molecule has 0 radical (unpaired) electrons. The van der Waals surface area contributed by atoms with Gasteiger partial charge < -0.3 is 14.7 Å². The standard InChI is InChI=1S/C15H21N3O4/c1-14(2,3)22-13(21)17-8-15(9-17)4-11(5-15)18-7-10(6-16-18)12(19)20/h6-7,11H,4-5,8-9H2,1-3H3,(H,19,20). The molecule has 1 aliphatic heterocycles. The van der Waals surface area contributed by atoms with Crippen LogP contribution in [0.5, 0.6) is 0 Å². The summed E-state index contributed by atoms with van der Waals surface area (Å²) in [5.41, 5.74) is -0.0915. The normalized spacial score (nSPS) is 20.4. The van der Waals surface area contributed by atoms with Crippen molar-refractivity contribution in [3.8, 4) is 0 Å². The molecule has 2 fully saturated rings. The van der Waals surface area contributed by atoms with Crippen LogP contribution in [0.4, 0.5) is 4.79 Å². The average Bonchev–Trinajstić information content (AvgIpc) is 2.71. The number of carboxylic acid groups (broad SMARTS) is 1. The quantitative estimate of drug-likeness (QED) is 0.905. The number of ether oxygens (including phenoxy) is 1. The van der Waals surface area contributed by atoms with E-state index in [1.54, 1.807) is 15.8 Å². The highest BCUT2D eigenvalue weighted by Gasteiger charge is 2.55. The minimum Gasteiger partial charge on any atom is -0.478 e. The topological polar surface area (TPSA) is 84.7 Å². The number of carbonyl (C=O) groups is 2. The molecule has 22 heavy (non-hydrogen) atoms. The lowest BCUT2D eigenvalue weighted by Crippen LogP contribution is -2.64. The fourth-order valence-corrected chi connectivity index (χ4v) is 3.25. The van der Waals surface area contributed by atoms with Crippen molar-refractivity contribution in [2.24, 2.45) is 5.41 Å². The first-order valence-corrected chi connectivity index (χ1v) is 7.43. The first-order valence-electron chi connectivity index (χ1n) is 7.43. The molecule has 1 amide bonds. The Bertz CT molecular complexity index is 603. The molecule has 7 heteroatoms. The number of hydrogen-bond donors (Lipinski definition) is 1. The minimum atomic E-state index is -0.958. The van der Waals surface area contributed by atoms with Crippen molar-refractivity contribution in [2.75, 3.05) is 13.1 Å². The van der Waals surface area contributed by atoms with Gasteiger partial charge in [0.2, 0.25) is 0 Å². The summed E-state index contributed by atoms with van der Waals surface area (Å²) in [6.45, 7) is 7.00. The van der Waals surface area contributed by atoms with E-state index in [0.29, 0.717) is 13.1 Å². The van der Waals surface area contributed by atoms with Gasteiger partial charge in [-0.3, -0.25) is 4.68 Å². The third kappa shape index (κ3) is 2.67. The van der Waals surface area contributed by atoms with Gasteiger partial charge in [-0.2, -0.15) is 5.10 Å². The van der Waals surface area contributed by atoms with Crippen LogP contribution in [-0.4, -0.2) is 50.5 Å². The van der Waals surface area contributed by atoms with E-state index in [4.69, 9.17) is 9.84 Å². The summed E-state index contributed by atoms with van der Waals surface area (Å²) in [4.78, 5) is 24.5. The Morgan fingerprint density at radius 3 is 2.50 bits per heavy atom. The number of carboxylic acids is 1. The number of likely N-dealkylation sites (tertiary alicyclic amines) is 1. The molecule has 1 aliphatic carbocycles. The number of aromatic carboxylic acids is 1. The maximum absolute atomic E-state index is 11.9. The lowest BCUT2D eigenvalue weighted by Gasteiger charge is -2.58. The van der Waals surface area contributed by atoms with Crippen LogP contribution >= 0.6 is 0 Å². The third-order valence-corrected chi connectivity index (χ3v) is 4.26. The molecule has 0 bridgehead atoms. The Kier molecular flexibility index (Phi) is 3.19. The maximum Gasteiger partial charge on any atom is 0.410 e. The van der Waals surface area contributed by atoms with Crippen LogP contribution in [0.1, 0.15) is 50.0 Å². The summed E-state index contributed by atoms with van der Waals surface area (Å²) < 4.78 is 7.08. The zero-order chi connectivity index (χ0) is 16.1. The Balaban J connectivity index is 1.50. The van der Waals surface area contributed by atoms with Crippen molar-refractivity contribution >= 4 is 12.1 Å². The summed E-state index contributed by atoms with van der Waals surface area (Å²) in [5, 5.41) is 13.0. The number of nitrogens with zero attached hydrogens (tertiary/aromatic N) is 3. The first kappa shape index (κ1) is 14.9. The highest BCUT2D eigenvalue weighted by Crippen LogP contribution is 2.54. The van der Waals surface area contributed by atoms with Gasteiger partial charge >= 0.3 is 12.1 Å². The third-order valence-electron chi connectivity index (χ3n) is 4.26. The molecule has 1 aromatic heterocycles. The average molecular weight is 307 g/mol. The molecule has 2 aliphatic rings. The summed E-state index contributed by atoms with van der Waals surface area (Å²) >= 11 is 0. The summed E-state index contributed by atoms with van der Waals surface area (Å²) in [6, 6.07) is 0.230. The van der Waals surface area contributed by atoms with Gasteiger partial charge in [-0.1, -0.05) is 0 Å². The lowest BCUT2D eigenvalue weighted by molar-refractivity contribution is -0.0927. The Morgan fingerprint density at radius 1 is 1.36 bits per heavy atom. The Hall–Kier alpha value is -2.05. The van der Waals surface area contributed by atoms with E-state index in [1.807, 2.05) is 20.8 Å². The van der Waals surface area contributed by atoms with Gasteiger partial charge in [-0.15, -0.1) is 0 Å². The minimum absolute atomic E-state index is 0.164. The second kappa shape index (κ2) is 4.72. The Morgan fingerprint density at radius 2 is 2.00 bits per heavy atom. The molecular formula is C15H21N3O4. The number of carbonyl (C=O) groups excluding carboxylic acids is 1. The van der Waals surface area contributed by atoms with E-state index < -0.39 is 11.6 Å². The van der Waals surface area contributed by atoms with Crippen LogP contribution in [0.3, 0.4) is 0 Å². The molecule has 0 aromatic carbocycles. The van der Waals surface area contributed by atoms with Gasteiger partial charge in [-0.05, 0) is 33.6 Å². The van der Waals surface area contributed by atoms with Crippen LogP contribution in [-0.2, 0) is 4.74 Å². The second-order valence-electron chi connectivity index (χ2n) is 7.41. The molecular weight excluding hydrogens is 286 g/mol. The van der Waals surface area contributed by atoms with Crippen molar-refractivity contribution in [3.05, 3.63) is 18.0 Å². The highest BCUT2D eigenvalue weighted by atomic mass is 16.6. The van der Waals surface area contributed by atoms with E-state index >= 15 is 0 Å². The van der Waals surface area contributed by atoms with Crippen molar-refractivity contribution < 1.29 is 19.4 Å². The van der Waals surface area contributed by atoms with Gasteiger partial charge in [0.05, 0.1) is 17.8 Å². The molecule has 3 rings (SSSR count). The molecule has 0 unspecified atom stereocenters. The predicted octanol–water partition coefficient (Wildman–Crippen LogP) is 2.15. The van der Waals surface area contributed by atoms with Gasteiger partial charge in [0.15, 0.2) is 0 Å². The van der Waals surface area contributed by atoms with Crippen molar-refractivity contribution in [2.45, 2.75) is 45.3 Å². The van der Waals surface area contributed by atoms with Crippen LogP contribution in [0, 0.1) is 5.41 Å². The molecule has 1 aromatic rings. The molecule has 7 nitrogen and oxygen atoms in total. The van der Waals surface area contributed by atoms with Gasteiger partial charge in [0, 0.05) is 24.7 Å². The van der Waals surface area contributed by atoms with E-state index in [-0.39, 0.29) is 23.1 Å². The zero-order valence-corrected chi connectivity index (χ0v) is 13.1. The van der Waals surface area contributed by atoms with E-state index in [2.05, 4.69) is 5.10 Å². The molecule has 1 saturated heterocycles. The largest absolute Gasteiger partial charge is 0.478 e. The number of amides is 1. The van der Waals surface area contributed by atoms with Crippen molar-refractivity contribution in [3.63, 3.8) is 0 Å². The Labute approximate surface area is 128 Å². The second-order valence-corrected chi connectivity index (χ2v) is 7.41. The fourth-order valence-electron chi connectivity index (χ4n) is 3.25. The molecule has 1 saturated carbocycles. The molecule has 1 spiro atoms. The van der Waals surface area contributed by atoms with Crippen LogP contribution < -0.4 is 0 Å². The predicted molar refractivity (Wildman–Crippen MR) is 77.7 cm³/mol. The monoisotopic (exact) mass is 307 g/mol. The summed E-state index contributed by atoms with van der Waals surface area (Å²) in [6.07, 6.45) is 4.54. The number of aromatic nitrogens is 2. The van der Waals surface area contributed by atoms with Crippen LogP contribution in [0.25, 0.3) is 0 Å². The fraction of sp³-hybridized carbons (Fsp3) is 0.667. The van der Waals surface area contributed by atoms with Crippen LogP contribution in [0.2, 0.25) is 0 Å². The summed E-state index contributed by atoms with van der Waals surface area (Å²) in [5.74, 6) is -0.958. The molecule has 1 N–H and O–H groups in total. The van der Waals surface area contributed by atoms with E-state index in [0.717, 1.165) is 12.8 Å². The van der Waals surface area contributed by atoms with Gasteiger partial charge in [-0.25, -0.2) is 9.59 Å². The molecule has 120 valence electrons. The van der Waals surface area contributed by atoms with Crippen LogP contribution in [0.15, 0.2) is 12.4 Å². The molecule has 2 heterocycles. The van der Waals surface area contributed by atoms with Crippen molar-refractivity contribution in [1.29, 1.82) is 0 Å². The van der Waals surface area contributed by atoms with E-state index in [1.165, 1.54) is 6.20 Å². The molecule has 0 atom stereocenters. The zero-order valence-electron chi connectivity index (χ0n) is 13.1. The van der Waals surface area contributed by atoms with Gasteiger partial charge in [0.25, 0.3) is 0 Å². The smallest absolute Gasteiger partial charge is 0.410 e. The van der Waals surface area contributed by atoms with Gasteiger partial charge in [0.1, 0.15) is 5.60 Å². The number of rotatable bonds is 2. The highest BCUT2D eigenvalue weighted by molar-refractivity contribution is 5.86. The van der Waals surface area contributed by atoms with E-state index in [9.17, 15) is 9.59 Å². The van der Waals surface area contributed by atoms with Crippen molar-refractivity contribution in [1.82, 2.24) is 14.7 Å². The number of hydrogen-bond acceptors (Lipinski definition) is 4. The SMILES string of the molecule is CC(C)(C)OC(=O)N1CC2(CC(n3cc(C(=O)O)cn3)C2)C1. The first-order chi connectivity index (χ1) is 10.2. The summed E-state index contributed by atoms with van der Waals surface area (Å²) in [7, 11) is 0.